The van der Waals surface area contributed by atoms with E-state index in [9.17, 15) is 9.59 Å². The molecule has 4 aromatic rings. The van der Waals surface area contributed by atoms with Crippen molar-refractivity contribution in [2.24, 2.45) is 0 Å². The molecule has 1 aromatic heterocycles. The number of hydrogen-bond acceptors (Lipinski definition) is 6. The van der Waals surface area contributed by atoms with Crippen LogP contribution in [0.3, 0.4) is 0 Å². The molecule has 8 nitrogen and oxygen atoms in total. The highest BCUT2D eigenvalue weighted by Gasteiger charge is 2.34. The first kappa shape index (κ1) is 25.0. The number of fused-ring (bicyclic) bond motifs is 1. The average molecular weight is 528 g/mol. The first-order valence-corrected chi connectivity index (χ1v) is 12.3. The van der Waals surface area contributed by atoms with E-state index in [4.69, 9.17) is 26.4 Å². The van der Waals surface area contributed by atoms with Crippen LogP contribution in [0.5, 0.6) is 17.2 Å². The summed E-state index contributed by atoms with van der Waals surface area (Å²) in [5.74, 6) is 1.11. The number of nitrogens with zero attached hydrogens (tertiary/aromatic N) is 2. The van der Waals surface area contributed by atoms with Crippen molar-refractivity contribution in [3.63, 3.8) is 0 Å². The molecule has 1 aliphatic rings. The first-order valence-electron chi connectivity index (χ1n) is 11.9. The Morgan fingerprint density at radius 1 is 0.868 bits per heavy atom. The number of thiocarbonyl (C=S) groups is 1. The lowest BCUT2D eigenvalue weighted by Crippen LogP contribution is -2.54. The van der Waals surface area contributed by atoms with Gasteiger partial charge in [0.05, 0.1) is 26.5 Å². The fourth-order valence-electron chi connectivity index (χ4n) is 4.29. The molecule has 0 atom stereocenters. The van der Waals surface area contributed by atoms with Crippen molar-refractivity contribution in [3.8, 4) is 17.2 Å². The monoisotopic (exact) mass is 527 g/mol. The number of aromatic nitrogens is 1. The van der Waals surface area contributed by atoms with Gasteiger partial charge in [-0.3, -0.25) is 19.8 Å². The molecule has 0 unspecified atom stereocenters. The highest BCUT2D eigenvalue weighted by Crippen LogP contribution is 2.28. The predicted molar refractivity (Wildman–Crippen MR) is 150 cm³/mol. The van der Waals surface area contributed by atoms with E-state index < -0.39 is 11.8 Å². The lowest BCUT2D eigenvalue weighted by molar-refractivity contribution is -0.122. The molecule has 0 spiro atoms. The van der Waals surface area contributed by atoms with Gasteiger partial charge in [-0.15, -0.1) is 0 Å². The van der Waals surface area contributed by atoms with Crippen LogP contribution in [-0.2, 0) is 16.1 Å². The maximum absolute atomic E-state index is 13.5. The zero-order valence-corrected chi connectivity index (χ0v) is 21.7. The minimum Gasteiger partial charge on any atom is -0.497 e. The molecule has 1 saturated heterocycles. The second kappa shape index (κ2) is 10.8. The highest BCUT2D eigenvalue weighted by molar-refractivity contribution is 7.80. The summed E-state index contributed by atoms with van der Waals surface area (Å²) in [6, 6.07) is 22.1. The van der Waals surface area contributed by atoms with Gasteiger partial charge in [0.1, 0.15) is 29.4 Å². The zero-order chi connectivity index (χ0) is 26.6. The van der Waals surface area contributed by atoms with E-state index in [0.717, 1.165) is 28.0 Å². The Kier molecular flexibility index (Phi) is 7.10. The van der Waals surface area contributed by atoms with Crippen LogP contribution >= 0.6 is 12.2 Å². The van der Waals surface area contributed by atoms with Crippen LogP contribution in [0.1, 0.15) is 5.56 Å². The molecule has 1 aliphatic heterocycles. The molecule has 0 radical (unpaired) electrons. The Hall–Kier alpha value is -4.63. The van der Waals surface area contributed by atoms with Gasteiger partial charge < -0.3 is 18.8 Å². The van der Waals surface area contributed by atoms with Crippen molar-refractivity contribution in [1.82, 2.24) is 9.88 Å². The largest absolute Gasteiger partial charge is 0.497 e. The third-order valence-electron chi connectivity index (χ3n) is 6.21. The number of benzene rings is 3. The summed E-state index contributed by atoms with van der Waals surface area (Å²) in [5, 5.41) is 3.57. The molecule has 0 aliphatic carbocycles. The summed E-state index contributed by atoms with van der Waals surface area (Å²) in [6.07, 6.45) is 3.53. The molecule has 5 rings (SSSR count). The number of anilines is 1. The van der Waals surface area contributed by atoms with Crippen molar-refractivity contribution in [2.75, 3.05) is 25.7 Å². The minimum absolute atomic E-state index is 0.00759. The molecule has 38 heavy (non-hydrogen) atoms. The molecule has 2 heterocycles. The Bertz CT molecular complexity index is 1540. The van der Waals surface area contributed by atoms with Crippen molar-refractivity contribution < 1.29 is 23.8 Å². The van der Waals surface area contributed by atoms with E-state index in [0.29, 0.717) is 24.6 Å². The molecule has 192 valence electrons. The van der Waals surface area contributed by atoms with Gasteiger partial charge in [-0.2, -0.15) is 0 Å². The highest BCUT2D eigenvalue weighted by atomic mass is 32.1. The van der Waals surface area contributed by atoms with E-state index in [2.05, 4.69) is 5.32 Å². The van der Waals surface area contributed by atoms with Crippen LogP contribution in [0.4, 0.5) is 5.69 Å². The fourth-order valence-corrected chi connectivity index (χ4v) is 4.57. The number of carbonyl (C=O) groups is 2. The number of ether oxygens (including phenoxy) is 3. The summed E-state index contributed by atoms with van der Waals surface area (Å²) in [5.41, 5.74) is 2.23. The molecule has 0 bridgehead atoms. The number of amides is 2. The predicted octanol–water partition coefficient (Wildman–Crippen LogP) is 4.57. The maximum atomic E-state index is 13.5. The number of carbonyl (C=O) groups excluding carboxylic acids is 2. The Balaban J connectivity index is 1.41. The van der Waals surface area contributed by atoms with E-state index in [1.807, 2.05) is 59.3 Å². The molecular weight excluding hydrogens is 502 g/mol. The molecule has 1 N–H and O–H groups in total. The van der Waals surface area contributed by atoms with Crippen LogP contribution in [-0.4, -0.2) is 42.3 Å². The van der Waals surface area contributed by atoms with Gasteiger partial charge in [0, 0.05) is 22.7 Å². The third kappa shape index (κ3) is 4.96. The summed E-state index contributed by atoms with van der Waals surface area (Å²) in [6.45, 7) is 0.998. The second-order valence-electron chi connectivity index (χ2n) is 8.47. The molecule has 9 heteroatoms. The molecular formula is C29H25N3O5S. The minimum atomic E-state index is -0.538. The van der Waals surface area contributed by atoms with Gasteiger partial charge in [-0.25, -0.2) is 0 Å². The zero-order valence-electron chi connectivity index (χ0n) is 20.8. The van der Waals surface area contributed by atoms with Gasteiger partial charge >= 0.3 is 0 Å². The second-order valence-corrected chi connectivity index (χ2v) is 8.86. The smallest absolute Gasteiger partial charge is 0.270 e. The summed E-state index contributed by atoms with van der Waals surface area (Å²) < 4.78 is 18.3. The summed E-state index contributed by atoms with van der Waals surface area (Å²) >= 11 is 5.32. The van der Waals surface area contributed by atoms with Crippen LogP contribution in [0.25, 0.3) is 17.0 Å². The Morgan fingerprint density at radius 2 is 1.50 bits per heavy atom. The Labute approximate surface area is 225 Å². The van der Waals surface area contributed by atoms with E-state index in [-0.39, 0.29) is 10.7 Å². The lowest BCUT2D eigenvalue weighted by atomic mass is 10.1. The van der Waals surface area contributed by atoms with Crippen LogP contribution in [0, 0.1) is 0 Å². The number of hydrogen-bond donors (Lipinski definition) is 1. The van der Waals surface area contributed by atoms with Crippen molar-refractivity contribution in [1.29, 1.82) is 0 Å². The number of rotatable bonds is 8. The molecule has 1 fully saturated rings. The quantitative estimate of drug-likeness (QED) is 0.205. The van der Waals surface area contributed by atoms with Gasteiger partial charge in [0.15, 0.2) is 5.11 Å². The topological polar surface area (TPSA) is 82.0 Å². The average Bonchev–Trinajstić information content (AvgIpc) is 3.29. The standard InChI is InChI=1S/C29H25N3O5S/c1-35-21-9-7-20(8-10-21)32-28(34)25(27(33)30-29(32)38)17-19-18-31(26-6-4-3-5-24(19)26)15-16-37-23-13-11-22(36-2)12-14-23/h3-14,17-18H,15-16H2,1-2H3,(H,30,33,38)/b25-17+. The van der Waals surface area contributed by atoms with Crippen LogP contribution < -0.4 is 24.4 Å². The molecule has 2 amide bonds. The van der Waals surface area contributed by atoms with Crippen molar-refractivity contribution in [2.45, 2.75) is 6.54 Å². The summed E-state index contributed by atoms with van der Waals surface area (Å²) in [4.78, 5) is 27.6. The number of methoxy groups -OCH3 is 2. The van der Waals surface area contributed by atoms with Gasteiger partial charge in [-0.05, 0) is 72.9 Å². The third-order valence-corrected chi connectivity index (χ3v) is 6.50. The molecule has 3 aromatic carbocycles. The van der Waals surface area contributed by atoms with Crippen molar-refractivity contribution in [3.05, 3.63) is 90.1 Å². The summed E-state index contributed by atoms with van der Waals surface area (Å²) in [7, 11) is 3.18. The number of para-hydroxylation sites is 1. The van der Waals surface area contributed by atoms with Crippen LogP contribution in [0.15, 0.2) is 84.6 Å². The van der Waals surface area contributed by atoms with Crippen LogP contribution in [0.2, 0.25) is 0 Å². The SMILES string of the molecule is COc1ccc(OCCn2cc(/C=C3\C(=O)NC(=S)N(c4ccc(OC)cc4)C3=O)c3ccccc32)cc1. The van der Waals surface area contributed by atoms with Gasteiger partial charge in [0.2, 0.25) is 0 Å². The van der Waals surface area contributed by atoms with E-state index in [1.165, 1.54) is 4.90 Å². The fraction of sp³-hybridized carbons (Fsp3) is 0.138. The van der Waals surface area contributed by atoms with Gasteiger partial charge in [-0.1, -0.05) is 18.2 Å². The normalized spacial score (nSPS) is 14.6. The van der Waals surface area contributed by atoms with Gasteiger partial charge in [0.25, 0.3) is 11.8 Å². The first-order chi connectivity index (χ1) is 18.5. The van der Waals surface area contributed by atoms with E-state index in [1.54, 1.807) is 44.6 Å². The van der Waals surface area contributed by atoms with E-state index >= 15 is 0 Å². The molecule has 0 saturated carbocycles. The number of nitrogens with one attached hydrogen (secondary N) is 1. The lowest BCUT2D eigenvalue weighted by Gasteiger charge is -2.29. The van der Waals surface area contributed by atoms with Crippen molar-refractivity contribution >= 4 is 51.8 Å². The Morgan fingerprint density at radius 3 is 2.18 bits per heavy atom. The maximum Gasteiger partial charge on any atom is 0.270 e.